The average Bonchev–Trinajstić information content (AvgIpc) is 3.12. The summed E-state index contributed by atoms with van der Waals surface area (Å²) in [5, 5.41) is 3.21. The summed E-state index contributed by atoms with van der Waals surface area (Å²) < 4.78 is 29.1. The van der Waals surface area contributed by atoms with E-state index in [-0.39, 0.29) is 11.4 Å². The summed E-state index contributed by atoms with van der Waals surface area (Å²) in [6.45, 7) is 6.37. The number of aryl methyl sites for hydroxylation is 1. The van der Waals surface area contributed by atoms with Crippen molar-refractivity contribution in [2.24, 2.45) is 0 Å². The van der Waals surface area contributed by atoms with Gasteiger partial charge in [-0.1, -0.05) is 6.92 Å². The normalized spacial score (nSPS) is 11.9. The van der Waals surface area contributed by atoms with Crippen LogP contribution in [0.3, 0.4) is 0 Å². The van der Waals surface area contributed by atoms with Gasteiger partial charge in [-0.2, -0.15) is 0 Å². The second-order valence-electron chi connectivity index (χ2n) is 4.59. The van der Waals surface area contributed by atoms with Crippen molar-refractivity contribution < 1.29 is 8.42 Å². The molecule has 0 aliphatic heterocycles. The highest BCUT2D eigenvalue weighted by Gasteiger charge is 2.18. The summed E-state index contributed by atoms with van der Waals surface area (Å²) >= 11 is 0. The van der Waals surface area contributed by atoms with Crippen molar-refractivity contribution >= 4 is 10.0 Å². The van der Waals surface area contributed by atoms with Gasteiger partial charge in [0.25, 0.3) is 0 Å². The molecule has 0 aliphatic carbocycles. The molecule has 0 saturated heterocycles. The predicted molar refractivity (Wildman–Crippen MR) is 80.1 cm³/mol. The van der Waals surface area contributed by atoms with E-state index >= 15 is 0 Å². The van der Waals surface area contributed by atoms with E-state index in [9.17, 15) is 8.42 Å². The molecule has 116 valence electrons. The summed E-state index contributed by atoms with van der Waals surface area (Å²) in [5.74, 6) is 0.585. The van der Waals surface area contributed by atoms with Crippen LogP contribution in [0.1, 0.15) is 25.4 Å². The van der Waals surface area contributed by atoms with Crippen LogP contribution < -0.4 is 10.0 Å². The summed E-state index contributed by atoms with van der Waals surface area (Å²) in [5.41, 5.74) is 0.956. The van der Waals surface area contributed by atoms with Gasteiger partial charge in [-0.15, -0.1) is 0 Å². The molecule has 0 fully saturated rings. The smallest absolute Gasteiger partial charge is 0.242 e. The summed E-state index contributed by atoms with van der Waals surface area (Å²) in [7, 11) is -3.53. The van der Waals surface area contributed by atoms with Crippen molar-refractivity contribution in [1.29, 1.82) is 0 Å². The lowest BCUT2D eigenvalue weighted by Gasteiger charge is -2.05. The van der Waals surface area contributed by atoms with Gasteiger partial charge in [-0.05, 0) is 19.5 Å². The number of aromatic nitrogens is 3. The SMILES string of the molecule is CCNCc1cc(S(=O)(=O)NCc2ncc[nH]2)cn1CC. The summed E-state index contributed by atoms with van der Waals surface area (Å²) in [6, 6.07) is 1.70. The van der Waals surface area contributed by atoms with Gasteiger partial charge in [0, 0.05) is 37.4 Å². The highest BCUT2D eigenvalue weighted by molar-refractivity contribution is 7.89. The van der Waals surface area contributed by atoms with Crippen LogP contribution >= 0.6 is 0 Å². The van der Waals surface area contributed by atoms with Crippen molar-refractivity contribution in [2.45, 2.75) is 38.4 Å². The van der Waals surface area contributed by atoms with Crippen LogP contribution in [0.15, 0.2) is 29.6 Å². The largest absolute Gasteiger partial charge is 0.349 e. The van der Waals surface area contributed by atoms with Gasteiger partial charge in [0.05, 0.1) is 11.4 Å². The van der Waals surface area contributed by atoms with Crippen molar-refractivity contribution in [1.82, 2.24) is 24.6 Å². The van der Waals surface area contributed by atoms with Gasteiger partial charge in [0.2, 0.25) is 10.0 Å². The minimum Gasteiger partial charge on any atom is -0.349 e. The second-order valence-corrected chi connectivity index (χ2v) is 6.36. The lowest BCUT2D eigenvalue weighted by atomic mass is 10.4. The number of hydrogen-bond donors (Lipinski definition) is 3. The second kappa shape index (κ2) is 6.88. The Morgan fingerprint density at radius 1 is 1.33 bits per heavy atom. The Bertz CT molecular complexity index is 661. The Kier molecular flexibility index (Phi) is 5.16. The standard InChI is InChI=1S/C13H21N5O2S/c1-3-14-8-11-7-12(10-18(11)4-2)21(19,20)17-9-13-15-5-6-16-13/h5-7,10,14,17H,3-4,8-9H2,1-2H3,(H,15,16). The first kappa shape index (κ1) is 15.7. The molecule has 0 amide bonds. The predicted octanol–water partition coefficient (Wildman–Crippen LogP) is 0.819. The van der Waals surface area contributed by atoms with E-state index in [4.69, 9.17) is 0 Å². The number of hydrogen-bond acceptors (Lipinski definition) is 4. The van der Waals surface area contributed by atoms with E-state index < -0.39 is 10.0 Å². The van der Waals surface area contributed by atoms with E-state index in [0.717, 1.165) is 18.8 Å². The van der Waals surface area contributed by atoms with E-state index in [1.54, 1.807) is 24.7 Å². The molecule has 7 nitrogen and oxygen atoms in total. The molecule has 0 saturated carbocycles. The fraction of sp³-hybridized carbons (Fsp3) is 0.462. The summed E-state index contributed by atoms with van der Waals surface area (Å²) in [4.78, 5) is 7.14. The number of nitrogens with one attached hydrogen (secondary N) is 3. The third-order valence-corrected chi connectivity index (χ3v) is 4.52. The molecule has 21 heavy (non-hydrogen) atoms. The molecular weight excluding hydrogens is 290 g/mol. The van der Waals surface area contributed by atoms with Gasteiger partial charge in [0.1, 0.15) is 5.82 Å². The Morgan fingerprint density at radius 2 is 2.14 bits per heavy atom. The fourth-order valence-electron chi connectivity index (χ4n) is 2.01. The lowest BCUT2D eigenvalue weighted by Crippen LogP contribution is -2.23. The highest BCUT2D eigenvalue weighted by Crippen LogP contribution is 2.15. The zero-order chi connectivity index (χ0) is 15.3. The van der Waals surface area contributed by atoms with Gasteiger partial charge in [-0.25, -0.2) is 18.1 Å². The number of nitrogens with zero attached hydrogens (tertiary/aromatic N) is 2. The van der Waals surface area contributed by atoms with E-state index in [1.165, 1.54) is 0 Å². The molecule has 0 aromatic carbocycles. The molecule has 2 aromatic heterocycles. The molecule has 0 unspecified atom stereocenters. The Balaban J connectivity index is 2.13. The van der Waals surface area contributed by atoms with Crippen LogP contribution in [0.25, 0.3) is 0 Å². The van der Waals surface area contributed by atoms with Crippen molar-refractivity contribution in [3.8, 4) is 0 Å². The van der Waals surface area contributed by atoms with Crippen molar-refractivity contribution in [3.63, 3.8) is 0 Å². The first-order chi connectivity index (χ1) is 10.1. The van der Waals surface area contributed by atoms with E-state index in [1.807, 2.05) is 18.4 Å². The molecule has 2 heterocycles. The zero-order valence-electron chi connectivity index (χ0n) is 12.3. The van der Waals surface area contributed by atoms with Gasteiger partial charge in [0.15, 0.2) is 0 Å². The van der Waals surface area contributed by atoms with Gasteiger partial charge >= 0.3 is 0 Å². The molecule has 8 heteroatoms. The number of H-pyrrole nitrogens is 1. The molecule has 0 bridgehead atoms. The van der Waals surface area contributed by atoms with Crippen molar-refractivity contribution in [3.05, 3.63) is 36.2 Å². The number of sulfonamides is 1. The third kappa shape index (κ3) is 3.93. The van der Waals surface area contributed by atoms with Gasteiger partial charge in [-0.3, -0.25) is 0 Å². The molecule has 3 N–H and O–H groups in total. The third-order valence-electron chi connectivity index (χ3n) is 3.15. The van der Waals surface area contributed by atoms with Crippen LogP contribution in [-0.2, 0) is 29.7 Å². The lowest BCUT2D eigenvalue weighted by molar-refractivity contribution is 0.579. The maximum Gasteiger partial charge on any atom is 0.242 e. The Morgan fingerprint density at radius 3 is 2.76 bits per heavy atom. The minimum absolute atomic E-state index is 0.148. The van der Waals surface area contributed by atoms with Crippen LogP contribution in [0.4, 0.5) is 0 Å². The average molecular weight is 311 g/mol. The maximum atomic E-state index is 12.3. The maximum absolute atomic E-state index is 12.3. The molecule has 2 rings (SSSR count). The molecule has 0 spiro atoms. The fourth-order valence-corrected chi connectivity index (χ4v) is 3.06. The Hall–Kier alpha value is -1.64. The minimum atomic E-state index is -3.53. The van der Waals surface area contributed by atoms with Gasteiger partial charge < -0.3 is 14.9 Å². The van der Waals surface area contributed by atoms with Crippen LogP contribution in [-0.4, -0.2) is 29.5 Å². The first-order valence-electron chi connectivity index (χ1n) is 6.94. The van der Waals surface area contributed by atoms with Crippen LogP contribution in [0.2, 0.25) is 0 Å². The summed E-state index contributed by atoms with van der Waals surface area (Å²) in [6.07, 6.45) is 4.91. The first-order valence-corrected chi connectivity index (χ1v) is 8.42. The highest BCUT2D eigenvalue weighted by atomic mass is 32.2. The number of imidazole rings is 1. The topological polar surface area (TPSA) is 91.8 Å². The van der Waals surface area contributed by atoms with E-state index in [0.29, 0.717) is 12.4 Å². The van der Waals surface area contributed by atoms with Crippen LogP contribution in [0.5, 0.6) is 0 Å². The molecule has 0 atom stereocenters. The zero-order valence-corrected chi connectivity index (χ0v) is 13.1. The number of rotatable bonds is 8. The number of aromatic amines is 1. The molecule has 0 aliphatic rings. The van der Waals surface area contributed by atoms with Crippen LogP contribution in [0, 0.1) is 0 Å². The monoisotopic (exact) mass is 311 g/mol. The quantitative estimate of drug-likeness (QED) is 0.673. The van der Waals surface area contributed by atoms with E-state index in [2.05, 4.69) is 20.0 Å². The van der Waals surface area contributed by atoms with Crippen molar-refractivity contribution in [2.75, 3.05) is 6.54 Å². The molecule has 2 aromatic rings. The molecular formula is C13H21N5O2S. The molecule has 0 radical (unpaired) electrons. The Labute approximate surface area is 124 Å².